The number of hydrogen-bond acceptors (Lipinski definition) is 5. The second-order valence-electron chi connectivity index (χ2n) is 5.19. The van der Waals surface area contributed by atoms with Crippen LogP contribution >= 0.6 is 0 Å². The second-order valence-corrected chi connectivity index (χ2v) is 5.19. The van der Waals surface area contributed by atoms with Crippen molar-refractivity contribution in [1.29, 1.82) is 0 Å². The molecule has 0 amide bonds. The van der Waals surface area contributed by atoms with Gasteiger partial charge in [-0.05, 0) is 18.2 Å². The van der Waals surface area contributed by atoms with E-state index in [1.807, 2.05) is 18.2 Å². The summed E-state index contributed by atoms with van der Waals surface area (Å²) in [5, 5.41) is 0.893. The van der Waals surface area contributed by atoms with Crippen molar-refractivity contribution < 1.29 is 19.0 Å². The molecule has 0 radical (unpaired) electrons. The van der Waals surface area contributed by atoms with Gasteiger partial charge < -0.3 is 19.2 Å². The number of carbonyl (C=O) groups is 1. The summed E-state index contributed by atoms with van der Waals surface area (Å²) < 4.78 is 16.0. The molecule has 1 aromatic heterocycles. The van der Waals surface area contributed by atoms with Crippen LogP contribution in [0.2, 0.25) is 0 Å². The zero-order chi connectivity index (χ0) is 15.4. The third-order valence-corrected chi connectivity index (χ3v) is 3.80. The normalized spacial score (nSPS) is 15.9. The summed E-state index contributed by atoms with van der Waals surface area (Å²) in [4.78, 5) is 17.0. The Morgan fingerprint density at radius 1 is 1.36 bits per heavy atom. The van der Waals surface area contributed by atoms with Crippen LogP contribution in [0.5, 0.6) is 5.75 Å². The number of aromatic nitrogens is 1. The molecule has 1 N–H and O–H groups in total. The molecule has 1 aromatic carbocycles. The lowest BCUT2D eigenvalue weighted by Gasteiger charge is -2.26. The number of benzene rings is 1. The Morgan fingerprint density at radius 2 is 2.18 bits per heavy atom. The van der Waals surface area contributed by atoms with Gasteiger partial charge in [0.1, 0.15) is 18.1 Å². The van der Waals surface area contributed by atoms with Crippen molar-refractivity contribution in [1.82, 2.24) is 9.88 Å². The van der Waals surface area contributed by atoms with E-state index in [1.54, 1.807) is 6.07 Å². The predicted molar refractivity (Wildman–Crippen MR) is 82.4 cm³/mol. The van der Waals surface area contributed by atoms with E-state index in [0.717, 1.165) is 49.5 Å². The molecule has 0 aliphatic carbocycles. The number of esters is 1. The Kier molecular flexibility index (Phi) is 4.60. The van der Waals surface area contributed by atoms with Gasteiger partial charge >= 0.3 is 5.97 Å². The number of H-pyrrole nitrogens is 1. The van der Waals surface area contributed by atoms with Gasteiger partial charge in [0.05, 0.1) is 20.3 Å². The van der Waals surface area contributed by atoms with Gasteiger partial charge in [0.25, 0.3) is 0 Å². The molecular formula is C16H20N2O4. The van der Waals surface area contributed by atoms with Gasteiger partial charge in [-0.3, -0.25) is 4.90 Å². The first-order valence-corrected chi connectivity index (χ1v) is 7.41. The van der Waals surface area contributed by atoms with E-state index in [9.17, 15) is 4.79 Å². The minimum absolute atomic E-state index is 0.379. The molecule has 2 heterocycles. The molecular weight excluding hydrogens is 284 g/mol. The van der Waals surface area contributed by atoms with Crippen LogP contribution in [0.4, 0.5) is 0 Å². The maximum absolute atomic E-state index is 11.6. The maximum Gasteiger partial charge on any atom is 0.354 e. The third kappa shape index (κ3) is 3.23. The van der Waals surface area contributed by atoms with Gasteiger partial charge in [0.15, 0.2) is 0 Å². The van der Waals surface area contributed by atoms with E-state index in [1.165, 1.54) is 7.11 Å². The van der Waals surface area contributed by atoms with Crippen molar-refractivity contribution in [2.45, 2.75) is 0 Å². The molecule has 1 fully saturated rings. The molecule has 118 valence electrons. The molecule has 22 heavy (non-hydrogen) atoms. The average molecular weight is 304 g/mol. The van der Waals surface area contributed by atoms with Crippen LogP contribution in [0, 0.1) is 0 Å². The Labute approximate surface area is 128 Å². The Morgan fingerprint density at radius 3 is 2.95 bits per heavy atom. The Balaban J connectivity index is 1.67. The van der Waals surface area contributed by atoms with Gasteiger partial charge in [-0.25, -0.2) is 4.79 Å². The third-order valence-electron chi connectivity index (χ3n) is 3.80. The SMILES string of the molecule is COC(=O)c1cc2c(OCCN3CCOCC3)cccc2[nH]1. The molecule has 0 bridgehead atoms. The zero-order valence-corrected chi connectivity index (χ0v) is 12.6. The first kappa shape index (κ1) is 14.9. The lowest BCUT2D eigenvalue weighted by molar-refractivity contribution is 0.0323. The highest BCUT2D eigenvalue weighted by Gasteiger charge is 2.13. The monoisotopic (exact) mass is 304 g/mol. The summed E-state index contributed by atoms with van der Waals surface area (Å²) in [6.07, 6.45) is 0. The summed E-state index contributed by atoms with van der Waals surface area (Å²) in [5.41, 5.74) is 1.30. The van der Waals surface area contributed by atoms with Crippen LogP contribution in [0.3, 0.4) is 0 Å². The largest absolute Gasteiger partial charge is 0.492 e. The second kappa shape index (κ2) is 6.81. The Hall–Kier alpha value is -2.05. The van der Waals surface area contributed by atoms with Crippen LogP contribution in [-0.4, -0.2) is 62.4 Å². The molecule has 0 spiro atoms. The number of nitrogens with one attached hydrogen (secondary N) is 1. The highest BCUT2D eigenvalue weighted by atomic mass is 16.5. The van der Waals surface area contributed by atoms with Gasteiger partial charge in [0.2, 0.25) is 0 Å². The minimum Gasteiger partial charge on any atom is -0.492 e. The zero-order valence-electron chi connectivity index (χ0n) is 12.6. The van der Waals surface area contributed by atoms with Gasteiger partial charge in [-0.2, -0.15) is 0 Å². The molecule has 1 aliphatic rings. The highest BCUT2D eigenvalue weighted by Crippen LogP contribution is 2.26. The van der Waals surface area contributed by atoms with Crippen molar-refractivity contribution in [3.05, 3.63) is 30.0 Å². The quantitative estimate of drug-likeness (QED) is 0.851. The van der Waals surface area contributed by atoms with Crippen molar-refractivity contribution >= 4 is 16.9 Å². The fourth-order valence-electron chi connectivity index (χ4n) is 2.58. The van der Waals surface area contributed by atoms with Crippen LogP contribution in [0.25, 0.3) is 10.9 Å². The van der Waals surface area contributed by atoms with Gasteiger partial charge in [0, 0.05) is 30.5 Å². The van der Waals surface area contributed by atoms with E-state index in [2.05, 4.69) is 9.88 Å². The fraction of sp³-hybridized carbons (Fsp3) is 0.438. The highest BCUT2D eigenvalue weighted by molar-refractivity contribution is 5.96. The minimum atomic E-state index is -0.379. The number of ether oxygens (including phenoxy) is 3. The number of hydrogen-bond donors (Lipinski definition) is 1. The molecule has 6 heteroatoms. The molecule has 6 nitrogen and oxygen atoms in total. The Bertz CT molecular complexity index is 647. The molecule has 3 rings (SSSR count). The molecule has 2 aromatic rings. The summed E-state index contributed by atoms with van der Waals surface area (Å²) in [6, 6.07) is 7.50. The number of methoxy groups -OCH3 is 1. The number of aromatic amines is 1. The fourth-order valence-corrected chi connectivity index (χ4v) is 2.58. The number of morpholine rings is 1. The number of fused-ring (bicyclic) bond motifs is 1. The molecule has 0 atom stereocenters. The van der Waals surface area contributed by atoms with Crippen molar-refractivity contribution in [3.8, 4) is 5.75 Å². The topological polar surface area (TPSA) is 63.8 Å². The van der Waals surface area contributed by atoms with E-state index in [0.29, 0.717) is 12.3 Å². The molecule has 0 saturated carbocycles. The van der Waals surface area contributed by atoms with Gasteiger partial charge in [-0.1, -0.05) is 6.07 Å². The van der Waals surface area contributed by atoms with Crippen molar-refractivity contribution in [2.24, 2.45) is 0 Å². The smallest absolute Gasteiger partial charge is 0.354 e. The lowest BCUT2D eigenvalue weighted by Crippen LogP contribution is -2.38. The van der Waals surface area contributed by atoms with E-state index in [-0.39, 0.29) is 5.97 Å². The van der Waals surface area contributed by atoms with Crippen molar-refractivity contribution in [2.75, 3.05) is 46.6 Å². The molecule has 1 saturated heterocycles. The first-order chi connectivity index (χ1) is 10.8. The first-order valence-electron chi connectivity index (χ1n) is 7.41. The van der Waals surface area contributed by atoms with E-state index in [4.69, 9.17) is 14.2 Å². The van der Waals surface area contributed by atoms with Crippen LogP contribution in [0.1, 0.15) is 10.5 Å². The van der Waals surface area contributed by atoms with Crippen molar-refractivity contribution in [3.63, 3.8) is 0 Å². The van der Waals surface area contributed by atoms with E-state index < -0.39 is 0 Å². The van der Waals surface area contributed by atoms with Crippen LogP contribution in [0.15, 0.2) is 24.3 Å². The average Bonchev–Trinajstić information content (AvgIpc) is 3.00. The van der Waals surface area contributed by atoms with Crippen LogP contribution in [-0.2, 0) is 9.47 Å². The number of rotatable bonds is 5. The van der Waals surface area contributed by atoms with E-state index >= 15 is 0 Å². The number of nitrogens with zero attached hydrogens (tertiary/aromatic N) is 1. The maximum atomic E-state index is 11.6. The predicted octanol–water partition coefficient (Wildman–Crippen LogP) is 1.67. The molecule has 0 unspecified atom stereocenters. The van der Waals surface area contributed by atoms with Crippen LogP contribution < -0.4 is 4.74 Å². The standard InChI is InChI=1S/C16H20N2O4/c1-20-16(19)14-11-12-13(17-14)3-2-4-15(12)22-10-7-18-5-8-21-9-6-18/h2-4,11,17H,5-10H2,1H3. The molecule has 1 aliphatic heterocycles. The summed E-state index contributed by atoms with van der Waals surface area (Å²) in [6.45, 7) is 4.95. The number of carbonyl (C=O) groups excluding carboxylic acids is 1. The summed E-state index contributed by atoms with van der Waals surface area (Å²) in [7, 11) is 1.37. The van der Waals surface area contributed by atoms with Gasteiger partial charge in [-0.15, -0.1) is 0 Å². The lowest BCUT2D eigenvalue weighted by atomic mass is 10.2. The summed E-state index contributed by atoms with van der Waals surface area (Å²) in [5.74, 6) is 0.396. The summed E-state index contributed by atoms with van der Waals surface area (Å²) >= 11 is 0.